The summed E-state index contributed by atoms with van der Waals surface area (Å²) in [5, 5.41) is 14.0. The number of hydrogen-bond acceptors (Lipinski definition) is 5. The maximum Gasteiger partial charge on any atom is 0.187 e. The minimum atomic E-state index is 0.532. The van der Waals surface area contributed by atoms with Crippen LogP contribution in [0.5, 0.6) is 0 Å². The molecule has 13 rings (SSSR count). The van der Waals surface area contributed by atoms with Gasteiger partial charge >= 0.3 is 0 Å². The molecule has 0 amide bonds. The minimum Gasteiger partial charge on any atom is -0.309 e. The van der Waals surface area contributed by atoms with Crippen molar-refractivity contribution in [2.45, 2.75) is 0 Å². The van der Waals surface area contributed by atoms with Crippen LogP contribution in [0.2, 0.25) is 0 Å². The predicted molar refractivity (Wildman–Crippen MR) is 290 cm³/mol. The Balaban J connectivity index is 1.07. The quantitative estimate of drug-likeness (QED) is 0.142. The molecule has 72 heavy (non-hydrogen) atoms. The summed E-state index contributed by atoms with van der Waals surface area (Å²) in [5.41, 5.74) is 16.0. The number of fused-ring (bicyclic) bond motifs is 6. The zero-order valence-corrected chi connectivity index (χ0v) is 38.5. The Hall–Kier alpha value is -10.3. The van der Waals surface area contributed by atoms with Crippen LogP contribution in [-0.2, 0) is 0 Å². The topological polar surface area (TPSA) is 89.6 Å². The fourth-order valence-corrected chi connectivity index (χ4v) is 10.1. The number of benzene rings is 9. The second-order valence-electron chi connectivity index (χ2n) is 17.7. The fourth-order valence-electron chi connectivity index (χ4n) is 10.1. The van der Waals surface area contributed by atoms with Crippen LogP contribution in [0.4, 0.5) is 5.69 Å². The van der Waals surface area contributed by atoms with E-state index in [4.69, 9.17) is 26.5 Å². The third-order valence-corrected chi connectivity index (χ3v) is 13.6. The van der Waals surface area contributed by atoms with Crippen LogP contribution in [0.25, 0.3) is 127 Å². The molecule has 0 saturated heterocycles. The van der Waals surface area contributed by atoms with Gasteiger partial charge in [-0.25, -0.2) is 19.8 Å². The highest BCUT2D eigenvalue weighted by Gasteiger charge is 2.23. The fraction of sp³-hybridized carbons (Fsp3) is 0. The van der Waals surface area contributed by atoms with E-state index < -0.39 is 0 Å². The zero-order valence-electron chi connectivity index (χ0n) is 38.5. The average molecular weight is 919 g/mol. The highest BCUT2D eigenvalue weighted by molar-refractivity contribution is 6.12. The van der Waals surface area contributed by atoms with Gasteiger partial charge in [-0.1, -0.05) is 146 Å². The largest absolute Gasteiger partial charge is 0.309 e. The van der Waals surface area contributed by atoms with Crippen LogP contribution < -0.4 is 0 Å². The summed E-state index contributed by atoms with van der Waals surface area (Å²) in [4.78, 5) is 24.1. The van der Waals surface area contributed by atoms with E-state index in [0.717, 1.165) is 105 Å². The van der Waals surface area contributed by atoms with Crippen molar-refractivity contribution in [1.82, 2.24) is 29.1 Å². The molecule has 0 aliphatic carbocycles. The van der Waals surface area contributed by atoms with Crippen molar-refractivity contribution in [2.24, 2.45) is 0 Å². The Morgan fingerprint density at radius 2 is 0.917 bits per heavy atom. The molecule has 0 radical (unpaired) electrons. The first-order chi connectivity index (χ1) is 35.6. The summed E-state index contributed by atoms with van der Waals surface area (Å²) in [6.45, 7) is 7.49. The summed E-state index contributed by atoms with van der Waals surface area (Å²) in [7, 11) is 0. The van der Waals surface area contributed by atoms with E-state index in [-0.39, 0.29) is 0 Å². The van der Waals surface area contributed by atoms with Crippen molar-refractivity contribution in [3.63, 3.8) is 0 Å². The van der Waals surface area contributed by atoms with E-state index in [9.17, 15) is 5.26 Å². The lowest BCUT2D eigenvalue weighted by Crippen LogP contribution is -2.04. The molecule has 9 aromatic carbocycles. The molecular formula is C64H38N8. The molecule has 0 N–H and O–H groups in total. The maximum absolute atomic E-state index is 9.49. The molecule has 0 aliphatic heterocycles. The third kappa shape index (κ3) is 7.15. The molecule has 4 heterocycles. The molecule has 8 nitrogen and oxygen atoms in total. The Labute approximate surface area is 414 Å². The van der Waals surface area contributed by atoms with Gasteiger partial charge in [-0.2, -0.15) is 5.26 Å². The summed E-state index contributed by atoms with van der Waals surface area (Å²) >= 11 is 0. The van der Waals surface area contributed by atoms with E-state index in [1.165, 1.54) is 0 Å². The summed E-state index contributed by atoms with van der Waals surface area (Å²) in [6, 6.07) is 76.8. The van der Waals surface area contributed by atoms with Crippen molar-refractivity contribution in [3.05, 3.63) is 248 Å². The first-order valence-electron chi connectivity index (χ1n) is 23.6. The van der Waals surface area contributed by atoms with Gasteiger partial charge in [-0.05, 0) is 101 Å². The third-order valence-electron chi connectivity index (χ3n) is 13.6. The highest BCUT2D eigenvalue weighted by Crippen LogP contribution is 2.43. The van der Waals surface area contributed by atoms with Gasteiger partial charge in [0.2, 0.25) is 0 Å². The van der Waals surface area contributed by atoms with Crippen LogP contribution in [0.1, 0.15) is 5.56 Å². The smallest absolute Gasteiger partial charge is 0.187 e. The number of nitriles is 1. The monoisotopic (exact) mass is 918 g/mol. The van der Waals surface area contributed by atoms with Gasteiger partial charge in [0, 0.05) is 61.9 Å². The molecule has 0 aliphatic rings. The molecule has 0 unspecified atom stereocenters. The summed E-state index contributed by atoms with van der Waals surface area (Å²) in [5.74, 6) is 1.68. The predicted octanol–water partition coefficient (Wildman–Crippen LogP) is 15.9. The standard InChI is InChI=1S/C64H38N8/c1-66-48-28-24-43(25-29-48)47-27-33-60-55(37-47)51-17-9-11-19-58(51)72(60)61-34-35-67-40-56(61)53-38-49(30-31-52(53)64-69-62(44-12-4-2-5-13-44)68-63(70-64)45-14-6-3-7-15-45)71-57-18-10-8-16-50(57)54-36-46(26-32-59(54)71)42-22-20-41(39-65)21-23-42/h2-38,40H. The highest BCUT2D eigenvalue weighted by atomic mass is 15.0. The molecular weight excluding hydrogens is 881 g/mol. The molecule has 0 saturated carbocycles. The number of nitrogens with zero attached hydrogens (tertiary/aromatic N) is 8. The molecule has 0 atom stereocenters. The van der Waals surface area contributed by atoms with Gasteiger partial charge in [0.25, 0.3) is 0 Å². The lowest BCUT2D eigenvalue weighted by molar-refractivity contribution is 1.07. The Bertz CT molecular complexity index is 4270. The molecule has 0 fully saturated rings. The van der Waals surface area contributed by atoms with E-state index in [0.29, 0.717) is 28.7 Å². The maximum atomic E-state index is 9.49. The van der Waals surface area contributed by atoms with Crippen LogP contribution in [0, 0.1) is 17.9 Å². The summed E-state index contributed by atoms with van der Waals surface area (Å²) < 4.78 is 4.68. The number of pyridine rings is 1. The Morgan fingerprint density at radius 3 is 1.51 bits per heavy atom. The van der Waals surface area contributed by atoms with Gasteiger partial charge in [0.15, 0.2) is 23.2 Å². The molecule has 0 bridgehead atoms. The van der Waals surface area contributed by atoms with Gasteiger partial charge in [-0.15, -0.1) is 0 Å². The van der Waals surface area contributed by atoms with Crippen molar-refractivity contribution in [1.29, 1.82) is 5.26 Å². The molecule has 4 aromatic heterocycles. The molecule has 8 heteroatoms. The van der Waals surface area contributed by atoms with Gasteiger partial charge < -0.3 is 9.13 Å². The minimum absolute atomic E-state index is 0.532. The first kappa shape index (κ1) is 41.9. The van der Waals surface area contributed by atoms with E-state index >= 15 is 0 Å². The van der Waals surface area contributed by atoms with Crippen LogP contribution in [-0.4, -0.2) is 29.1 Å². The number of rotatable bonds is 8. The molecule has 334 valence electrons. The number of hydrogen-bond donors (Lipinski definition) is 0. The number of para-hydroxylation sites is 2. The van der Waals surface area contributed by atoms with Crippen molar-refractivity contribution < 1.29 is 0 Å². The van der Waals surface area contributed by atoms with Crippen molar-refractivity contribution in [3.8, 4) is 85.0 Å². The lowest BCUT2D eigenvalue weighted by Gasteiger charge is -2.18. The second kappa shape index (κ2) is 17.4. The normalized spacial score (nSPS) is 11.3. The zero-order chi connectivity index (χ0) is 48.1. The van der Waals surface area contributed by atoms with Gasteiger partial charge in [0.05, 0.1) is 46.0 Å². The summed E-state index contributed by atoms with van der Waals surface area (Å²) in [6.07, 6.45) is 3.82. The van der Waals surface area contributed by atoms with Crippen molar-refractivity contribution >= 4 is 49.3 Å². The average Bonchev–Trinajstić information content (AvgIpc) is 3.97. The van der Waals surface area contributed by atoms with Gasteiger partial charge in [0.1, 0.15) is 0 Å². The van der Waals surface area contributed by atoms with E-state index in [1.807, 2.05) is 122 Å². The van der Waals surface area contributed by atoms with Crippen LogP contribution in [0.3, 0.4) is 0 Å². The van der Waals surface area contributed by atoms with E-state index in [2.05, 4.69) is 129 Å². The Kier molecular flexibility index (Phi) is 10.1. The van der Waals surface area contributed by atoms with Crippen LogP contribution in [0.15, 0.2) is 231 Å². The van der Waals surface area contributed by atoms with E-state index in [1.54, 1.807) is 0 Å². The van der Waals surface area contributed by atoms with Gasteiger partial charge in [-0.3, -0.25) is 4.98 Å². The molecule has 0 spiro atoms. The molecule has 13 aromatic rings. The lowest BCUT2D eigenvalue weighted by atomic mass is 9.97. The number of aromatic nitrogens is 6. The second-order valence-corrected chi connectivity index (χ2v) is 17.7. The first-order valence-corrected chi connectivity index (χ1v) is 23.6. The Morgan fingerprint density at radius 1 is 0.403 bits per heavy atom. The SMILES string of the molecule is [C-]#[N+]c1ccc(-c2ccc3c(c2)c2ccccc2n3-c2ccncc2-c2cc(-n3c4ccccc4c4cc(-c5ccc(C#N)cc5)ccc43)ccc2-c2nc(-c3ccccc3)nc(-c3ccccc3)n2)cc1. The van der Waals surface area contributed by atoms with Crippen LogP contribution >= 0.6 is 0 Å². The van der Waals surface area contributed by atoms with Crippen molar-refractivity contribution in [2.75, 3.05) is 0 Å².